The first-order valence-electron chi connectivity index (χ1n) is 6.90. The summed E-state index contributed by atoms with van der Waals surface area (Å²) in [5, 5.41) is 15.0. The summed E-state index contributed by atoms with van der Waals surface area (Å²) in [6, 6.07) is 7.20. The lowest BCUT2D eigenvalue weighted by Crippen LogP contribution is -2.16. The van der Waals surface area contributed by atoms with Crippen molar-refractivity contribution >= 4 is 11.7 Å². The lowest BCUT2D eigenvalue weighted by molar-refractivity contribution is -0.386. The van der Waals surface area contributed by atoms with E-state index in [2.05, 4.69) is 5.10 Å². The molecule has 2 rings (SSSR count). The molecule has 0 saturated heterocycles. The van der Waals surface area contributed by atoms with Gasteiger partial charge >= 0.3 is 11.7 Å². The van der Waals surface area contributed by atoms with Gasteiger partial charge < -0.3 is 9.47 Å². The van der Waals surface area contributed by atoms with E-state index in [4.69, 9.17) is 9.47 Å². The molecule has 0 bridgehead atoms. The lowest BCUT2D eigenvalue weighted by Gasteiger charge is -2.09. The fraction of sp³-hybridized carbons (Fsp3) is 0.333. The van der Waals surface area contributed by atoms with Gasteiger partial charge in [-0.2, -0.15) is 5.10 Å². The zero-order valence-corrected chi connectivity index (χ0v) is 13.1. The number of nitrogens with zero attached hydrogens (tertiary/aromatic N) is 3. The van der Waals surface area contributed by atoms with E-state index >= 15 is 0 Å². The van der Waals surface area contributed by atoms with Crippen LogP contribution >= 0.6 is 0 Å². The van der Waals surface area contributed by atoms with E-state index in [1.54, 1.807) is 19.1 Å². The van der Waals surface area contributed by atoms with Gasteiger partial charge in [-0.15, -0.1) is 0 Å². The maximum absolute atomic E-state index is 11.9. The van der Waals surface area contributed by atoms with Crippen molar-refractivity contribution in [1.29, 1.82) is 0 Å². The molecular formula is C15H17N3O5. The number of aromatic nitrogens is 2. The Balaban J connectivity index is 2.03. The van der Waals surface area contributed by atoms with Gasteiger partial charge in [-0.05, 0) is 19.9 Å². The summed E-state index contributed by atoms with van der Waals surface area (Å²) < 4.78 is 11.6. The average Bonchev–Trinajstić information content (AvgIpc) is 2.79. The average molecular weight is 319 g/mol. The quantitative estimate of drug-likeness (QED) is 0.460. The van der Waals surface area contributed by atoms with E-state index < -0.39 is 10.9 Å². The van der Waals surface area contributed by atoms with Crippen molar-refractivity contribution in [2.24, 2.45) is 0 Å². The van der Waals surface area contributed by atoms with Crippen LogP contribution < -0.4 is 4.74 Å². The van der Waals surface area contributed by atoms with Gasteiger partial charge in [0.05, 0.1) is 12.0 Å². The smallest absolute Gasteiger partial charge is 0.328 e. The molecule has 0 fully saturated rings. The zero-order chi connectivity index (χ0) is 17.0. The van der Waals surface area contributed by atoms with E-state index in [9.17, 15) is 14.9 Å². The number of nitro groups is 1. The minimum Gasteiger partial charge on any atom is -0.496 e. The van der Waals surface area contributed by atoms with Gasteiger partial charge in [0, 0.05) is 5.56 Å². The molecule has 0 amide bonds. The van der Waals surface area contributed by atoms with Crippen LogP contribution in [0.2, 0.25) is 0 Å². The van der Waals surface area contributed by atoms with Gasteiger partial charge in [-0.25, -0.2) is 0 Å². The number of ether oxygens (including phenoxy) is 2. The Bertz CT molecular complexity index is 739. The summed E-state index contributed by atoms with van der Waals surface area (Å²) in [5.41, 5.74) is 1.25. The standard InChI is InChI=1S/C15H17N3O5/c1-10-15(18(20)21)11(2)17(16-10)8-14(19)23-9-12-6-4-5-7-13(12)22-3/h4-7H,8-9H2,1-3H3. The summed E-state index contributed by atoms with van der Waals surface area (Å²) in [6.07, 6.45) is 0. The monoisotopic (exact) mass is 319 g/mol. The molecule has 2 aromatic rings. The van der Waals surface area contributed by atoms with Gasteiger partial charge in [0.15, 0.2) is 0 Å². The second-order valence-corrected chi connectivity index (χ2v) is 4.91. The topological polar surface area (TPSA) is 96.5 Å². The number of carbonyl (C=O) groups is 1. The van der Waals surface area contributed by atoms with Gasteiger partial charge in [0.2, 0.25) is 0 Å². The van der Waals surface area contributed by atoms with Crippen LogP contribution in [0, 0.1) is 24.0 Å². The Labute approximate surface area is 132 Å². The number of esters is 1. The molecule has 0 radical (unpaired) electrons. The summed E-state index contributed by atoms with van der Waals surface area (Å²) in [4.78, 5) is 22.4. The molecule has 0 saturated carbocycles. The Kier molecular flexibility index (Phi) is 4.95. The van der Waals surface area contributed by atoms with Crippen LogP contribution in [0.4, 0.5) is 5.69 Å². The number of hydrogen-bond donors (Lipinski definition) is 0. The third-order valence-electron chi connectivity index (χ3n) is 3.39. The fourth-order valence-corrected chi connectivity index (χ4v) is 2.25. The molecule has 0 atom stereocenters. The molecule has 8 heteroatoms. The van der Waals surface area contributed by atoms with Crippen molar-refractivity contribution < 1.29 is 19.2 Å². The molecule has 0 aliphatic carbocycles. The van der Waals surface area contributed by atoms with Crippen molar-refractivity contribution in [3.8, 4) is 5.75 Å². The van der Waals surface area contributed by atoms with Crippen LogP contribution in [0.5, 0.6) is 5.75 Å². The Morgan fingerprint density at radius 2 is 2.04 bits per heavy atom. The van der Waals surface area contributed by atoms with Crippen LogP contribution in [0.1, 0.15) is 17.0 Å². The number of para-hydroxylation sites is 1. The normalized spacial score (nSPS) is 10.4. The van der Waals surface area contributed by atoms with Crippen LogP contribution in [0.3, 0.4) is 0 Å². The fourth-order valence-electron chi connectivity index (χ4n) is 2.25. The first-order valence-corrected chi connectivity index (χ1v) is 6.90. The number of methoxy groups -OCH3 is 1. The van der Waals surface area contributed by atoms with Gasteiger partial charge in [0.1, 0.15) is 30.3 Å². The Hall–Kier alpha value is -2.90. The largest absolute Gasteiger partial charge is 0.496 e. The highest BCUT2D eigenvalue weighted by Gasteiger charge is 2.23. The van der Waals surface area contributed by atoms with Gasteiger partial charge in [-0.1, -0.05) is 18.2 Å². The number of carbonyl (C=O) groups excluding carboxylic acids is 1. The third kappa shape index (κ3) is 3.65. The summed E-state index contributed by atoms with van der Waals surface area (Å²) in [6.45, 7) is 2.95. The highest BCUT2D eigenvalue weighted by Crippen LogP contribution is 2.22. The van der Waals surface area contributed by atoms with Gasteiger partial charge in [-0.3, -0.25) is 19.6 Å². The van der Waals surface area contributed by atoms with Crippen molar-refractivity contribution in [3.63, 3.8) is 0 Å². The van der Waals surface area contributed by atoms with E-state index in [0.717, 1.165) is 5.56 Å². The second-order valence-electron chi connectivity index (χ2n) is 4.91. The predicted molar refractivity (Wildman–Crippen MR) is 81.1 cm³/mol. The van der Waals surface area contributed by atoms with Crippen molar-refractivity contribution in [2.45, 2.75) is 27.0 Å². The Morgan fingerprint density at radius 3 is 2.65 bits per heavy atom. The van der Waals surface area contributed by atoms with Crippen LogP contribution in [-0.2, 0) is 22.7 Å². The molecule has 0 spiro atoms. The maximum atomic E-state index is 11.9. The molecule has 0 unspecified atom stereocenters. The predicted octanol–water partition coefficient (Wildman–Crippen LogP) is 2.16. The van der Waals surface area contributed by atoms with Crippen LogP contribution in [0.25, 0.3) is 0 Å². The highest BCUT2D eigenvalue weighted by atomic mass is 16.6. The SMILES string of the molecule is COc1ccccc1COC(=O)Cn1nc(C)c([N+](=O)[O-])c1C. The lowest BCUT2D eigenvalue weighted by atomic mass is 10.2. The Morgan fingerprint density at radius 1 is 1.35 bits per heavy atom. The van der Waals surface area contributed by atoms with Crippen molar-refractivity contribution in [1.82, 2.24) is 9.78 Å². The highest BCUT2D eigenvalue weighted by molar-refractivity contribution is 5.69. The van der Waals surface area contributed by atoms with Crippen LogP contribution in [-0.4, -0.2) is 27.8 Å². The summed E-state index contributed by atoms with van der Waals surface area (Å²) in [7, 11) is 1.54. The molecule has 8 nitrogen and oxygen atoms in total. The molecular weight excluding hydrogens is 302 g/mol. The minimum absolute atomic E-state index is 0.0598. The summed E-state index contributed by atoms with van der Waals surface area (Å²) in [5.74, 6) is 0.0958. The summed E-state index contributed by atoms with van der Waals surface area (Å²) >= 11 is 0. The second kappa shape index (κ2) is 6.91. The van der Waals surface area contributed by atoms with E-state index in [1.165, 1.54) is 18.7 Å². The minimum atomic E-state index is -0.531. The molecule has 1 aromatic carbocycles. The molecule has 0 aliphatic heterocycles. The van der Waals surface area contributed by atoms with E-state index in [0.29, 0.717) is 11.4 Å². The van der Waals surface area contributed by atoms with Crippen LogP contribution in [0.15, 0.2) is 24.3 Å². The van der Waals surface area contributed by atoms with Gasteiger partial charge in [0.25, 0.3) is 0 Å². The molecule has 1 heterocycles. The molecule has 23 heavy (non-hydrogen) atoms. The number of benzene rings is 1. The van der Waals surface area contributed by atoms with E-state index in [1.807, 2.05) is 12.1 Å². The molecule has 0 N–H and O–H groups in total. The molecule has 122 valence electrons. The first kappa shape index (κ1) is 16.5. The molecule has 1 aromatic heterocycles. The van der Waals surface area contributed by atoms with Crippen molar-refractivity contribution in [2.75, 3.05) is 7.11 Å². The van der Waals surface area contributed by atoms with Crippen molar-refractivity contribution in [3.05, 3.63) is 51.3 Å². The molecule has 0 aliphatic rings. The number of hydrogen-bond acceptors (Lipinski definition) is 6. The third-order valence-corrected chi connectivity index (χ3v) is 3.39. The zero-order valence-electron chi connectivity index (χ0n) is 13.1. The maximum Gasteiger partial charge on any atom is 0.328 e. The number of rotatable bonds is 6. The van der Waals surface area contributed by atoms with E-state index in [-0.39, 0.29) is 24.5 Å². The number of aryl methyl sites for hydroxylation is 1. The first-order chi connectivity index (χ1) is 10.9.